The third-order valence-corrected chi connectivity index (χ3v) is 8.81. The lowest BCUT2D eigenvalue weighted by Gasteiger charge is -2.25. The highest BCUT2D eigenvalue weighted by Crippen LogP contribution is 2.41. The molecule has 18 heteroatoms. The van der Waals surface area contributed by atoms with Crippen molar-refractivity contribution in [2.45, 2.75) is 70.8 Å². The molecular formula is C39H36ClF10NO6. The molecule has 0 aliphatic heterocycles. The van der Waals surface area contributed by atoms with Crippen molar-refractivity contribution in [3.05, 3.63) is 117 Å². The zero-order valence-corrected chi connectivity index (χ0v) is 31.7. The summed E-state index contributed by atoms with van der Waals surface area (Å²) in [6.45, 7) is 5.63. The number of carbonyl (C=O) groups excluding carboxylic acids is 2. The van der Waals surface area contributed by atoms with Gasteiger partial charge in [0.25, 0.3) is 0 Å². The van der Waals surface area contributed by atoms with E-state index in [1.165, 1.54) is 50.5 Å². The summed E-state index contributed by atoms with van der Waals surface area (Å²) in [5.74, 6) is -2.35. The van der Waals surface area contributed by atoms with E-state index in [1.807, 2.05) is 0 Å². The van der Waals surface area contributed by atoms with E-state index in [-0.39, 0.29) is 69.3 Å². The lowest BCUT2D eigenvalue weighted by molar-refractivity contribution is -0.708. The number of halogens is 11. The maximum absolute atomic E-state index is 14.9. The number of rotatable bonds is 11. The summed E-state index contributed by atoms with van der Waals surface area (Å²) in [6.07, 6.45) is -19.0. The zero-order valence-electron chi connectivity index (χ0n) is 31.0. The first-order chi connectivity index (χ1) is 26.0. The Hall–Kier alpha value is -5.03. The number of para-hydroxylation sites is 1. The molecule has 0 unspecified atom stereocenters. The topological polar surface area (TPSA) is 87.7 Å². The Labute approximate surface area is 326 Å². The molecule has 0 fully saturated rings. The number of benzene rings is 4. The summed E-state index contributed by atoms with van der Waals surface area (Å²) in [5.41, 5.74) is -4.87. The number of hydrogen-bond donors (Lipinski definition) is 1. The van der Waals surface area contributed by atoms with Gasteiger partial charge in [0.1, 0.15) is 29.7 Å². The Bertz CT molecular complexity index is 2050. The molecule has 0 bridgehead atoms. The van der Waals surface area contributed by atoms with Gasteiger partial charge in [-0.25, -0.2) is 14.0 Å². The summed E-state index contributed by atoms with van der Waals surface area (Å²) in [7, 11) is 2.26. The SMILES string of the molecule is COC(=O)c1cccc(C)c1OC(=O)O[C@H](c1cc(C(F)(F)F)cc(C(F)(F)F)c1)[C@H](C)[NH2+]Cc1cc(C(F)(F)F)ccc1-c1cc(C(C)C)c(F)cc1OC.[Cl-]. The first-order valence-electron chi connectivity index (χ1n) is 16.7. The number of nitrogens with two attached hydrogens (primary N) is 1. The Balaban J connectivity index is 0.00000870. The summed E-state index contributed by atoms with van der Waals surface area (Å²) in [4.78, 5) is 25.7. The van der Waals surface area contributed by atoms with Gasteiger partial charge in [-0.15, -0.1) is 0 Å². The number of esters is 1. The lowest BCUT2D eigenvalue weighted by Crippen LogP contribution is -3.00. The highest BCUT2D eigenvalue weighted by atomic mass is 35.5. The molecule has 0 saturated carbocycles. The second kappa shape index (κ2) is 18.1. The van der Waals surface area contributed by atoms with Crippen LogP contribution in [0.5, 0.6) is 11.5 Å². The molecule has 0 aliphatic rings. The van der Waals surface area contributed by atoms with Crippen molar-refractivity contribution < 1.29 is 90.2 Å². The minimum atomic E-state index is -5.29. The van der Waals surface area contributed by atoms with E-state index >= 15 is 0 Å². The van der Waals surface area contributed by atoms with Gasteiger partial charge in [0.15, 0.2) is 11.9 Å². The maximum Gasteiger partial charge on any atom is 0.514 e. The third-order valence-electron chi connectivity index (χ3n) is 8.81. The predicted octanol–water partition coefficient (Wildman–Crippen LogP) is 7.19. The smallest absolute Gasteiger partial charge is 0.514 e. The van der Waals surface area contributed by atoms with Crippen LogP contribution in [0.25, 0.3) is 11.1 Å². The number of quaternary nitrogens is 1. The van der Waals surface area contributed by atoms with Gasteiger partial charge in [0.2, 0.25) is 0 Å². The van der Waals surface area contributed by atoms with Gasteiger partial charge in [0, 0.05) is 17.2 Å². The highest BCUT2D eigenvalue weighted by molar-refractivity contribution is 5.93. The molecule has 0 heterocycles. The number of carbonyl (C=O) groups is 2. The number of ether oxygens (including phenoxy) is 4. The van der Waals surface area contributed by atoms with E-state index in [0.29, 0.717) is 12.1 Å². The van der Waals surface area contributed by atoms with Gasteiger partial charge in [-0.1, -0.05) is 32.0 Å². The van der Waals surface area contributed by atoms with Crippen molar-refractivity contribution in [1.29, 1.82) is 0 Å². The summed E-state index contributed by atoms with van der Waals surface area (Å²) in [5, 5.41) is 1.23. The largest absolute Gasteiger partial charge is 1.00 e. The van der Waals surface area contributed by atoms with Gasteiger partial charge < -0.3 is 36.7 Å². The van der Waals surface area contributed by atoms with Crippen molar-refractivity contribution in [2.24, 2.45) is 0 Å². The fourth-order valence-electron chi connectivity index (χ4n) is 5.92. The maximum atomic E-state index is 14.9. The first kappa shape index (κ1) is 46.4. The molecule has 0 aromatic heterocycles. The van der Waals surface area contributed by atoms with Gasteiger partial charge in [-0.2, -0.15) is 39.5 Å². The molecule has 4 aromatic rings. The average molecular weight is 840 g/mol. The Kier molecular flexibility index (Phi) is 14.7. The molecule has 4 rings (SSSR count). The second-order valence-electron chi connectivity index (χ2n) is 13.1. The van der Waals surface area contributed by atoms with E-state index in [9.17, 15) is 53.5 Å². The number of aryl methyl sites for hydroxylation is 1. The fraction of sp³-hybridized carbons (Fsp3) is 0.333. The first-order valence-corrected chi connectivity index (χ1v) is 16.7. The van der Waals surface area contributed by atoms with Gasteiger partial charge in [-0.3, -0.25) is 0 Å². The van der Waals surface area contributed by atoms with Crippen molar-refractivity contribution in [1.82, 2.24) is 0 Å². The number of methoxy groups -OCH3 is 2. The van der Waals surface area contributed by atoms with Crippen molar-refractivity contribution >= 4 is 12.1 Å². The Morgan fingerprint density at radius 2 is 1.35 bits per heavy atom. The van der Waals surface area contributed by atoms with Crippen LogP contribution >= 0.6 is 0 Å². The van der Waals surface area contributed by atoms with Crippen LogP contribution in [0.4, 0.5) is 48.7 Å². The normalized spacial score (nSPS) is 13.1. The number of alkyl halides is 9. The minimum absolute atomic E-state index is 0. The molecule has 0 amide bonds. The van der Waals surface area contributed by atoms with E-state index in [0.717, 1.165) is 31.4 Å². The van der Waals surface area contributed by atoms with E-state index < -0.39 is 77.4 Å². The molecule has 310 valence electrons. The molecular weight excluding hydrogens is 804 g/mol. The zero-order chi connectivity index (χ0) is 41.9. The summed E-state index contributed by atoms with van der Waals surface area (Å²) in [6, 6.07) is 8.51. The molecule has 2 N–H and O–H groups in total. The summed E-state index contributed by atoms with van der Waals surface area (Å²) >= 11 is 0. The number of hydrogen-bond acceptors (Lipinski definition) is 6. The van der Waals surface area contributed by atoms with Crippen LogP contribution in [0.15, 0.2) is 66.7 Å². The molecule has 0 saturated heterocycles. The third kappa shape index (κ3) is 11.1. The highest BCUT2D eigenvalue weighted by Gasteiger charge is 2.40. The van der Waals surface area contributed by atoms with E-state index in [4.69, 9.17) is 14.2 Å². The Morgan fingerprint density at radius 3 is 1.88 bits per heavy atom. The van der Waals surface area contributed by atoms with Gasteiger partial charge in [0.05, 0.1) is 30.9 Å². The molecule has 0 spiro atoms. The van der Waals surface area contributed by atoms with Crippen LogP contribution in [-0.4, -0.2) is 32.4 Å². The lowest BCUT2D eigenvalue weighted by atomic mass is 9.92. The molecule has 7 nitrogen and oxygen atoms in total. The van der Waals surface area contributed by atoms with Crippen molar-refractivity contribution in [3.8, 4) is 22.6 Å². The molecule has 4 aromatic carbocycles. The Morgan fingerprint density at radius 1 is 0.754 bits per heavy atom. The average Bonchev–Trinajstić information content (AvgIpc) is 3.11. The van der Waals surface area contributed by atoms with Crippen LogP contribution in [0, 0.1) is 12.7 Å². The second-order valence-corrected chi connectivity index (χ2v) is 13.1. The van der Waals surface area contributed by atoms with E-state index in [2.05, 4.69) is 4.74 Å². The van der Waals surface area contributed by atoms with Crippen LogP contribution in [0.2, 0.25) is 0 Å². The quantitative estimate of drug-likeness (QED) is 0.0979. The molecule has 57 heavy (non-hydrogen) atoms. The minimum Gasteiger partial charge on any atom is -1.00 e. The molecule has 0 aliphatic carbocycles. The monoisotopic (exact) mass is 839 g/mol. The molecule has 2 atom stereocenters. The van der Waals surface area contributed by atoms with Crippen LogP contribution in [0.1, 0.15) is 82.1 Å². The van der Waals surface area contributed by atoms with Crippen LogP contribution < -0.4 is 27.2 Å². The van der Waals surface area contributed by atoms with Crippen molar-refractivity contribution in [2.75, 3.05) is 14.2 Å². The standard InChI is InChI=1S/C39H35F10NO6.ClH/c1-19(2)29-16-30(32(53-5)17-31(29)40)27-11-10-24(37(41,42)43)14-23(27)18-50-21(4)34(22-12-25(38(44,45)46)15-26(13-22)39(47,48)49)56-36(52)55-33-20(3)8-7-9-28(33)35(51)54-6;/h7-17,19,21,34,50H,18H2,1-6H3;1H/t21-,34-;/m0./s1. The predicted molar refractivity (Wildman–Crippen MR) is 181 cm³/mol. The summed E-state index contributed by atoms with van der Waals surface area (Å²) < 4.78 is 161. The van der Waals surface area contributed by atoms with Crippen molar-refractivity contribution in [3.63, 3.8) is 0 Å². The van der Waals surface area contributed by atoms with Crippen LogP contribution in [0.3, 0.4) is 0 Å². The molecule has 0 radical (unpaired) electrons. The van der Waals surface area contributed by atoms with Gasteiger partial charge in [-0.05, 0) is 84.5 Å². The fourth-order valence-corrected chi connectivity index (χ4v) is 5.92. The van der Waals surface area contributed by atoms with Gasteiger partial charge >= 0.3 is 30.7 Å². The van der Waals surface area contributed by atoms with E-state index in [1.54, 1.807) is 13.8 Å². The van der Waals surface area contributed by atoms with Crippen LogP contribution in [-0.2, 0) is 34.5 Å².